The molecule has 0 aliphatic rings. The summed E-state index contributed by atoms with van der Waals surface area (Å²) in [6.07, 6.45) is 10.2. The number of unbranched alkanes of at least 4 members (excludes halogenated alkanes) is 4. The molecule has 5 aromatic rings. The highest BCUT2D eigenvalue weighted by molar-refractivity contribution is 5.87. The van der Waals surface area contributed by atoms with Crippen molar-refractivity contribution in [3.63, 3.8) is 0 Å². The molecule has 0 aliphatic heterocycles. The van der Waals surface area contributed by atoms with Crippen LogP contribution in [0, 0.1) is 0 Å². The van der Waals surface area contributed by atoms with Crippen LogP contribution in [-0.2, 0) is 27.8 Å². The van der Waals surface area contributed by atoms with Crippen molar-refractivity contribution in [2.45, 2.75) is 96.4 Å². The highest BCUT2D eigenvalue weighted by atomic mass is 16.5. The Morgan fingerprint density at radius 1 is 0.745 bits per heavy atom. The van der Waals surface area contributed by atoms with Crippen molar-refractivity contribution in [1.82, 2.24) is 25.6 Å². The van der Waals surface area contributed by atoms with Crippen molar-refractivity contribution in [1.29, 1.82) is 0 Å². The molecule has 0 fully saturated rings. The zero-order valence-electron chi connectivity index (χ0n) is 32.2. The molecular formula is C45H53N5O5. The number of carboxylic acid groups (broad SMARTS) is 1. The number of aliphatic carboxylic acids is 1. The molecule has 0 aliphatic carbocycles. The highest BCUT2D eigenvalue weighted by Crippen LogP contribution is 2.25. The predicted molar refractivity (Wildman–Crippen MR) is 215 cm³/mol. The number of hydrogen-bond donors (Lipinski definition) is 4. The number of carboxylic acids is 1. The zero-order chi connectivity index (χ0) is 39.2. The van der Waals surface area contributed by atoms with E-state index in [9.17, 15) is 19.8 Å². The number of hydrogen-bond acceptors (Lipinski definition) is 8. The van der Waals surface area contributed by atoms with Crippen LogP contribution in [0.2, 0.25) is 0 Å². The second-order valence-corrected chi connectivity index (χ2v) is 14.9. The lowest BCUT2D eigenvalue weighted by molar-refractivity contribution is -0.142. The number of pyridine rings is 1. The first-order chi connectivity index (χ1) is 26.5. The first-order valence-electron chi connectivity index (χ1n) is 19.1. The maximum absolute atomic E-state index is 13.8. The van der Waals surface area contributed by atoms with Gasteiger partial charge in [0.15, 0.2) is 5.82 Å². The molecule has 3 atom stereocenters. The standard InChI is InChI=1S/C45H53N5O5/c1-5-6-7-8-11-26-55-38-23-19-32(20-24-38)35-29-47-41(48-30-35)33-15-13-31(14-16-33)27-39(49-42(51)34-17-21-36(22-18-34)45(2,3)4)43(52)50-40(44(53)54)28-37-12-9-10-25-46-37/h9-10,12-25,29-30,39-40,42,49,51H,5-8,11,26-28H2,1-4H3,(H,50,52)(H,53,54). The quantitative estimate of drug-likeness (QED) is 0.0491. The van der Waals surface area contributed by atoms with Crippen molar-refractivity contribution >= 4 is 11.9 Å². The Morgan fingerprint density at radius 3 is 2.04 bits per heavy atom. The van der Waals surface area contributed by atoms with Gasteiger partial charge >= 0.3 is 5.97 Å². The summed E-state index contributed by atoms with van der Waals surface area (Å²) in [6.45, 7) is 9.27. The summed E-state index contributed by atoms with van der Waals surface area (Å²) in [5.74, 6) is -0.333. The molecule has 10 nitrogen and oxygen atoms in total. The molecular weight excluding hydrogens is 691 g/mol. The van der Waals surface area contributed by atoms with Crippen LogP contribution in [0.15, 0.2) is 110 Å². The molecule has 0 saturated heterocycles. The maximum Gasteiger partial charge on any atom is 0.326 e. The molecule has 2 heterocycles. The molecule has 0 bridgehead atoms. The summed E-state index contributed by atoms with van der Waals surface area (Å²) >= 11 is 0. The number of carbonyl (C=O) groups excluding carboxylic acids is 1. The van der Waals surface area contributed by atoms with Crippen LogP contribution in [-0.4, -0.2) is 55.7 Å². The fraction of sp³-hybridized carbons (Fsp3) is 0.356. The van der Waals surface area contributed by atoms with Crippen molar-refractivity contribution in [2.24, 2.45) is 0 Å². The molecule has 0 radical (unpaired) electrons. The topological polar surface area (TPSA) is 147 Å². The van der Waals surface area contributed by atoms with E-state index in [-0.39, 0.29) is 18.3 Å². The summed E-state index contributed by atoms with van der Waals surface area (Å²) in [7, 11) is 0. The summed E-state index contributed by atoms with van der Waals surface area (Å²) in [6, 6.07) is 26.1. The number of ether oxygens (including phenoxy) is 1. The fourth-order valence-corrected chi connectivity index (χ4v) is 6.17. The summed E-state index contributed by atoms with van der Waals surface area (Å²) in [4.78, 5) is 39.4. The number of nitrogens with one attached hydrogen (secondary N) is 2. The van der Waals surface area contributed by atoms with Crippen molar-refractivity contribution in [2.75, 3.05) is 6.61 Å². The van der Waals surface area contributed by atoms with Gasteiger partial charge < -0.3 is 20.3 Å². The van der Waals surface area contributed by atoms with Gasteiger partial charge in [0.25, 0.3) is 0 Å². The van der Waals surface area contributed by atoms with Gasteiger partial charge in [-0.2, -0.15) is 0 Å². The first-order valence-corrected chi connectivity index (χ1v) is 19.1. The SMILES string of the molecule is CCCCCCCOc1ccc(-c2cnc(-c3ccc(CC(NC(O)c4ccc(C(C)(C)C)cc4)C(=O)NC(Cc4ccccn4)C(=O)O)cc3)nc2)cc1. The average Bonchev–Trinajstić information content (AvgIpc) is 3.19. The largest absolute Gasteiger partial charge is 0.494 e. The Labute approximate surface area is 324 Å². The Hall–Kier alpha value is -5.45. The monoisotopic (exact) mass is 743 g/mol. The summed E-state index contributed by atoms with van der Waals surface area (Å²) in [5, 5.41) is 26.9. The van der Waals surface area contributed by atoms with Gasteiger partial charge in [0.1, 0.15) is 18.0 Å². The first kappa shape index (κ1) is 40.7. The van der Waals surface area contributed by atoms with Gasteiger partial charge in [-0.15, -0.1) is 0 Å². The van der Waals surface area contributed by atoms with E-state index in [0.29, 0.717) is 17.1 Å². The molecule has 10 heteroatoms. The lowest BCUT2D eigenvalue weighted by atomic mass is 9.86. The number of aromatic nitrogens is 3. The Balaban J connectivity index is 1.26. The van der Waals surface area contributed by atoms with Crippen LogP contribution in [0.5, 0.6) is 5.75 Å². The van der Waals surface area contributed by atoms with Crippen LogP contribution >= 0.6 is 0 Å². The van der Waals surface area contributed by atoms with Crippen molar-refractivity contribution in [3.05, 3.63) is 132 Å². The van der Waals surface area contributed by atoms with Crippen LogP contribution in [0.3, 0.4) is 0 Å². The van der Waals surface area contributed by atoms with Crippen molar-refractivity contribution < 1.29 is 24.5 Å². The van der Waals surface area contributed by atoms with E-state index in [2.05, 4.69) is 53.3 Å². The molecule has 2 aromatic heterocycles. The molecule has 1 amide bonds. The number of rotatable bonds is 19. The predicted octanol–water partition coefficient (Wildman–Crippen LogP) is 7.86. The van der Waals surface area contributed by atoms with E-state index >= 15 is 0 Å². The lowest BCUT2D eigenvalue weighted by Gasteiger charge is -2.25. The van der Waals surface area contributed by atoms with Gasteiger partial charge in [-0.3, -0.25) is 15.1 Å². The zero-order valence-corrected chi connectivity index (χ0v) is 32.2. The van der Waals surface area contributed by atoms with Gasteiger partial charge in [0.05, 0.1) is 12.6 Å². The summed E-state index contributed by atoms with van der Waals surface area (Å²) in [5.41, 5.74) is 5.64. The third-order valence-corrected chi connectivity index (χ3v) is 9.53. The Bertz CT molecular complexity index is 1930. The normalized spacial score (nSPS) is 13.1. The minimum atomic E-state index is -1.21. The van der Waals surface area contributed by atoms with E-state index in [1.165, 1.54) is 25.7 Å². The van der Waals surface area contributed by atoms with Gasteiger partial charge in [-0.1, -0.05) is 120 Å². The smallest absolute Gasteiger partial charge is 0.326 e. The van der Waals surface area contributed by atoms with Gasteiger partial charge in [0, 0.05) is 41.8 Å². The highest BCUT2D eigenvalue weighted by Gasteiger charge is 2.28. The van der Waals surface area contributed by atoms with E-state index < -0.39 is 30.2 Å². The van der Waals surface area contributed by atoms with Crippen LogP contribution in [0.1, 0.15) is 88.4 Å². The van der Waals surface area contributed by atoms with Crippen molar-refractivity contribution in [3.8, 4) is 28.3 Å². The van der Waals surface area contributed by atoms with E-state index in [1.54, 1.807) is 36.8 Å². The number of benzene rings is 3. The fourth-order valence-electron chi connectivity index (χ4n) is 6.17. The molecule has 4 N–H and O–H groups in total. The third kappa shape index (κ3) is 12.3. The molecule has 55 heavy (non-hydrogen) atoms. The minimum absolute atomic E-state index is 0.0118. The van der Waals surface area contributed by atoms with Crippen LogP contribution in [0.25, 0.3) is 22.5 Å². The number of aliphatic hydroxyl groups excluding tert-OH is 1. The maximum atomic E-state index is 13.8. The molecule has 3 unspecified atom stereocenters. The molecule has 0 spiro atoms. The van der Waals surface area contributed by atoms with Gasteiger partial charge in [-0.25, -0.2) is 14.8 Å². The second kappa shape index (κ2) is 19.8. The second-order valence-electron chi connectivity index (χ2n) is 14.9. The van der Waals surface area contributed by atoms with E-state index in [1.807, 2.05) is 72.8 Å². The number of carbonyl (C=O) groups is 2. The average molecular weight is 744 g/mol. The number of aliphatic hydroxyl groups is 1. The summed E-state index contributed by atoms with van der Waals surface area (Å²) < 4.78 is 5.91. The van der Waals surface area contributed by atoms with Crippen LogP contribution < -0.4 is 15.4 Å². The van der Waals surface area contributed by atoms with E-state index in [0.717, 1.165) is 46.6 Å². The Morgan fingerprint density at radius 2 is 1.42 bits per heavy atom. The van der Waals surface area contributed by atoms with Crippen LogP contribution in [0.4, 0.5) is 0 Å². The van der Waals surface area contributed by atoms with Gasteiger partial charge in [0.2, 0.25) is 5.91 Å². The molecule has 0 saturated carbocycles. The Kier molecular flexibility index (Phi) is 14.6. The number of amides is 1. The van der Waals surface area contributed by atoms with E-state index in [4.69, 9.17) is 4.74 Å². The molecule has 288 valence electrons. The third-order valence-electron chi connectivity index (χ3n) is 9.53. The minimum Gasteiger partial charge on any atom is -0.494 e. The lowest BCUT2D eigenvalue weighted by Crippen LogP contribution is -2.52. The molecule has 3 aromatic carbocycles. The molecule has 5 rings (SSSR count). The number of nitrogens with zero attached hydrogens (tertiary/aromatic N) is 3. The van der Waals surface area contributed by atoms with Gasteiger partial charge in [-0.05, 0) is 64.8 Å².